The van der Waals surface area contributed by atoms with Crippen molar-refractivity contribution in [2.75, 3.05) is 19.6 Å². The number of hydrogen-bond acceptors (Lipinski definition) is 5. The van der Waals surface area contributed by atoms with E-state index in [1.165, 1.54) is 37.7 Å². The van der Waals surface area contributed by atoms with E-state index in [4.69, 9.17) is 4.74 Å². The Morgan fingerprint density at radius 2 is 1.72 bits per heavy atom. The highest BCUT2D eigenvalue weighted by atomic mass is 16.5. The first-order valence-corrected chi connectivity index (χ1v) is 15.0. The molecule has 3 fully saturated rings. The average Bonchev–Trinajstić information content (AvgIpc) is 2.96. The summed E-state index contributed by atoms with van der Waals surface area (Å²) in [5.74, 6) is 2.30. The van der Waals surface area contributed by atoms with Gasteiger partial charge in [0.2, 0.25) is 11.8 Å². The molecular weight excluding hydrogens is 488 g/mol. The summed E-state index contributed by atoms with van der Waals surface area (Å²) < 4.78 is 5.92. The van der Waals surface area contributed by atoms with Gasteiger partial charge in [-0.05, 0) is 68.4 Å². The molecule has 0 bridgehead atoms. The first-order valence-electron chi connectivity index (χ1n) is 15.0. The number of pyridine rings is 1. The average molecular weight is 533 g/mol. The molecule has 7 heteroatoms. The highest BCUT2D eigenvalue weighted by Crippen LogP contribution is 2.36. The number of amides is 2. The number of aromatic nitrogens is 1. The number of aryl methyl sites for hydroxylation is 1. The van der Waals surface area contributed by atoms with E-state index in [0.717, 1.165) is 56.1 Å². The van der Waals surface area contributed by atoms with E-state index >= 15 is 0 Å². The SMILES string of the molecule is CCCCN1C(=O)C(CC2CCCCC2)NC(=O)C12CCN(Cc1ccc(Oc3ccc(C)nc3)cc1)CC2. The second-order valence-electron chi connectivity index (χ2n) is 11.8. The van der Waals surface area contributed by atoms with E-state index in [9.17, 15) is 9.59 Å². The van der Waals surface area contributed by atoms with Crippen molar-refractivity contribution in [2.24, 2.45) is 5.92 Å². The number of ether oxygens (including phenoxy) is 1. The molecule has 1 unspecified atom stereocenters. The Morgan fingerprint density at radius 1 is 1.00 bits per heavy atom. The van der Waals surface area contributed by atoms with Crippen LogP contribution in [-0.4, -0.2) is 57.8 Å². The Balaban J connectivity index is 1.19. The summed E-state index contributed by atoms with van der Waals surface area (Å²) in [5.41, 5.74) is 1.47. The van der Waals surface area contributed by atoms with Crippen LogP contribution in [0.15, 0.2) is 42.6 Å². The van der Waals surface area contributed by atoms with Crippen LogP contribution in [0.4, 0.5) is 0 Å². The fourth-order valence-corrected chi connectivity index (χ4v) is 6.58. The molecule has 2 saturated heterocycles. The van der Waals surface area contributed by atoms with Gasteiger partial charge in [-0.1, -0.05) is 57.6 Å². The zero-order valence-corrected chi connectivity index (χ0v) is 23.7. The molecule has 39 heavy (non-hydrogen) atoms. The Morgan fingerprint density at radius 3 is 2.38 bits per heavy atom. The minimum Gasteiger partial charge on any atom is -0.456 e. The Kier molecular flexibility index (Phi) is 8.85. The topological polar surface area (TPSA) is 74.8 Å². The van der Waals surface area contributed by atoms with Crippen molar-refractivity contribution in [3.63, 3.8) is 0 Å². The van der Waals surface area contributed by atoms with Gasteiger partial charge < -0.3 is 15.0 Å². The summed E-state index contributed by atoms with van der Waals surface area (Å²) >= 11 is 0. The van der Waals surface area contributed by atoms with Crippen LogP contribution in [0.1, 0.15) is 82.4 Å². The van der Waals surface area contributed by atoms with Crippen molar-refractivity contribution < 1.29 is 14.3 Å². The lowest BCUT2D eigenvalue weighted by Crippen LogP contribution is -2.73. The van der Waals surface area contributed by atoms with Gasteiger partial charge in [-0.15, -0.1) is 0 Å². The van der Waals surface area contributed by atoms with Crippen molar-refractivity contribution in [1.82, 2.24) is 20.1 Å². The van der Waals surface area contributed by atoms with Gasteiger partial charge in [-0.3, -0.25) is 19.5 Å². The lowest BCUT2D eigenvalue weighted by Gasteiger charge is -2.52. The number of likely N-dealkylation sites (tertiary alicyclic amines) is 1. The van der Waals surface area contributed by atoms with E-state index in [2.05, 4.69) is 34.3 Å². The predicted molar refractivity (Wildman–Crippen MR) is 152 cm³/mol. The van der Waals surface area contributed by atoms with Gasteiger partial charge in [0.05, 0.1) is 6.20 Å². The van der Waals surface area contributed by atoms with E-state index in [1.807, 2.05) is 36.1 Å². The van der Waals surface area contributed by atoms with Crippen molar-refractivity contribution in [1.29, 1.82) is 0 Å². The number of unbranched alkanes of at least 4 members (excludes halogenated alkanes) is 1. The van der Waals surface area contributed by atoms with Crippen LogP contribution < -0.4 is 10.1 Å². The third-order valence-electron chi connectivity index (χ3n) is 8.97. The molecule has 2 aromatic rings. The Bertz CT molecular complexity index is 1100. The van der Waals surface area contributed by atoms with Gasteiger partial charge in [-0.2, -0.15) is 0 Å². The number of carbonyl (C=O) groups is 2. The fraction of sp³-hybridized carbons (Fsp3) is 0.594. The number of benzene rings is 1. The number of nitrogens with zero attached hydrogens (tertiary/aromatic N) is 3. The van der Waals surface area contributed by atoms with Crippen LogP contribution in [0.3, 0.4) is 0 Å². The summed E-state index contributed by atoms with van der Waals surface area (Å²) in [7, 11) is 0. The van der Waals surface area contributed by atoms with Gasteiger partial charge in [-0.25, -0.2) is 0 Å². The van der Waals surface area contributed by atoms with E-state index in [-0.39, 0.29) is 17.9 Å². The minimum atomic E-state index is -0.703. The van der Waals surface area contributed by atoms with E-state index in [1.54, 1.807) is 6.20 Å². The maximum Gasteiger partial charge on any atom is 0.246 e. The molecule has 1 saturated carbocycles. The predicted octanol–water partition coefficient (Wildman–Crippen LogP) is 5.61. The largest absolute Gasteiger partial charge is 0.456 e. The number of piperazine rings is 1. The monoisotopic (exact) mass is 532 g/mol. The number of carbonyl (C=O) groups excluding carboxylic acids is 2. The molecule has 2 amide bonds. The van der Waals surface area contributed by atoms with Crippen LogP contribution in [0.25, 0.3) is 0 Å². The zero-order valence-electron chi connectivity index (χ0n) is 23.7. The van der Waals surface area contributed by atoms with Gasteiger partial charge in [0.25, 0.3) is 0 Å². The smallest absolute Gasteiger partial charge is 0.246 e. The molecule has 210 valence electrons. The lowest BCUT2D eigenvalue weighted by atomic mass is 9.79. The van der Waals surface area contributed by atoms with Gasteiger partial charge in [0, 0.05) is 31.9 Å². The van der Waals surface area contributed by atoms with Crippen LogP contribution in [-0.2, 0) is 16.1 Å². The quantitative estimate of drug-likeness (QED) is 0.454. The molecule has 1 atom stereocenters. The lowest BCUT2D eigenvalue weighted by molar-refractivity contribution is -0.162. The van der Waals surface area contributed by atoms with Gasteiger partial charge in [0.1, 0.15) is 23.1 Å². The number of rotatable bonds is 9. The molecule has 3 heterocycles. The third-order valence-corrected chi connectivity index (χ3v) is 8.97. The normalized spacial score (nSPS) is 22.2. The Labute approximate surface area is 233 Å². The standard InChI is InChI=1S/C32H44N4O3/c1-3-4-18-36-30(37)29(21-25-8-6-5-7-9-25)34-31(38)32(36)16-19-35(20-17-32)23-26-11-14-27(15-12-26)39-28-13-10-24(2)33-22-28/h10-15,22,25,29H,3-9,16-21,23H2,1-2H3,(H,34,38). The summed E-state index contributed by atoms with van der Waals surface area (Å²) in [6, 6.07) is 11.7. The third kappa shape index (κ3) is 6.46. The summed E-state index contributed by atoms with van der Waals surface area (Å²) in [6.07, 6.45) is 12.0. The molecule has 5 rings (SSSR count). The first kappa shape index (κ1) is 27.6. The van der Waals surface area contributed by atoms with Gasteiger partial charge in [0.15, 0.2) is 0 Å². The Hall–Kier alpha value is -2.93. The van der Waals surface area contributed by atoms with Crippen molar-refractivity contribution in [2.45, 2.75) is 96.2 Å². The molecule has 1 aliphatic carbocycles. The number of hydrogen-bond donors (Lipinski definition) is 1. The van der Waals surface area contributed by atoms with Crippen molar-refractivity contribution >= 4 is 11.8 Å². The van der Waals surface area contributed by atoms with Crippen LogP contribution in [0.2, 0.25) is 0 Å². The highest BCUT2D eigenvalue weighted by molar-refractivity contribution is 6.00. The van der Waals surface area contributed by atoms with Crippen LogP contribution >= 0.6 is 0 Å². The summed E-state index contributed by atoms with van der Waals surface area (Å²) in [6.45, 7) is 7.20. The molecule has 2 aliphatic heterocycles. The van der Waals surface area contributed by atoms with Crippen molar-refractivity contribution in [3.8, 4) is 11.5 Å². The van der Waals surface area contributed by atoms with Crippen molar-refractivity contribution in [3.05, 3.63) is 53.9 Å². The van der Waals surface area contributed by atoms with E-state index < -0.39 is 5.54 Å². The molecule has 1 aromatic heterocycles. The molecule has 1 N–H and O–H groups in total. The molecule has 1 spiro atoms. The molecule has 0 radical (unpaired) electrons. The first-order chi connectivity index (χ1) is 19.0. The molecular formula is C32H44N4O3. The molecule has 7 nitrogen and oxygen atoms in total. The second kappa shape index (κ2) is 12.5. The van der Waals surface area contributed by atoms with Crippen LogP contribution in [0.5, 0.6) is 11.5 Å². The molecule has 3 aliphatic rings. The molecule has 1 aromatic carbocycles. The number of nitrogens with one attached hydrogen (secondary N) is 1. The maximum atomic E-state index is 13.8. The number of piperidine rings is 1. The highest BCUT2D eigenvalue weighted by Gasteiger charge is 2.53. The second-order valence-corrected chi connectivity index (χ2v) is 11.8. The van der Waals surface area contributed by atoms with Gasteiger partial charge >= 0.3 is 0 Å². The zero-order chi connectivity index (χ0) is 27.2. The maximum absolute atomic E-state index is 13.8. The minimum absolute atomic E-state index is 0.0748. The van der Waals surface area contributed by atoms with E-state index in [0.29, 0.717) is 25.3 Å². The summed E-state index contributed by atoms with van der Waals surface area (Å²) in [4.78, 5) is 36.1. The van der Waals surface area contributed by atoms with Crippen LogP contribution in [0, 0.1) is 12.8 Å². The summed E-state index contributed by atoms with van der Waals surface area (Å²) in [5, 5.41) is 3.21. The fourth-order valence-electron chi connectivity index (χ4n) is 6.58.